The predicted molar refractivity (Wildman–Crippen MR) is 335 cm³/mol. The maximum atomic E-state index is 13.4. The van der Waals surface area contributed by atoms with Gasteiger partial charge in [0, 0.05) is 56.7 Å². The van der Waals surface area contributed by atoms with Gasteiger partial charge in [-0.25, -0.2) is 44.7 Å². The molecular weight excluding hydrogens is 1160 g/mol. The zero-order chi connectivity index (χ0) is 60.9. The first kappa shape index (κ1) is 62.7. The molecule has 2 aliphatic rings. The van der Waals surface area contributed by atoms with Crippen molar-refractivity contribution in [2.45, 2.75) is 108 Å². The Hall–Kier alpha value is -7.38. The zero-order valence-electron chi connectivity index (χ0n) is 49.2. The van der Waals surface area contributed by atoms with Crippen molar-refractivity contribution >= 4 is 73.2 Å². The van der Waals surface area contributed by atoms with Crippen LogP contribution in [0, 0.1) is 22.7 Å². The van der Waals surface area contributed by atoms with Gasteiger partial charge in [-0.2, -0.15) is 10.5 Å². The van der Waals surface area contributed by atoms with Gasteiger partial charge in [0.1, 0.15) is 25.1 Å². The maximum absolute atomic E-state index is 13.4. The molecular formula is C61H70N16O7P2S. The minimum atomic E-state index is -3.65. The summed E-state index contributed by atoms with van der Waals surface area (Å²) in [6.07, 6.45) is 5.93. The van der Waals surface area contributed by atoms with E-state index in [0.29, 0.717) is 40.1 Å². The van der Waals surface area contributed by atoms with Gasteiger partial charge in [0.05, 0.1) is 88.1 Å². The molecule has 0 spiro atoms. The Balaban J connectivity index is 1.00. The summed E-state index contributed by atoms with van der Waals surface area (Å²) in [6.45, 7) is 4.69. The summed E-state index contributed by atoms with van der Waals surface area (Å²) in [4.78, 5) is 47.4. The van der Waals surface area contributed by atoms with Crippen molar-refractivity contribution in [1.82, 2.24) is 59.0 Å². The molecule has 0 saturated carbocycles. The van der Waals surface area contributed by atoms with Crippen LogP contribution < -0.4 is 15.7 Å². The summed E-state index contributed by atoms with van der Waals surface area (Å²) in [7, 11) is 2.06. The van der Waals surface area contributed by atoms with Crippen molar-refractivity contribution in [2.24, 2.45) is 4.99 Å². The molecule has 2 aliphatic heterocycles. The Kier molecular flexibility index (Phi) is 20.9. The number of nitrogens with one attached hydrogen (secondary N) is 3. The van der Waals surface area contributed by atoms with E-state index >= 15 is 0 Å². The second-order valence-electron chi connectivity index (χ2n) is 21.5. The number of hydrogen-bond donors (Lipinski definition) is 3. The fourth-order valence-corrected chi connectivity index (χ4v) is 14.9. The Morgan fingerprint density at radius 3 is 1.83 bits per heavy atom. The van der Waals surface area contributed by atoms with Crippen molar-refractivity contribution in [3.05, 3.63) is 169 Å². The lowest BCUT2D eigenvalue weighted by atomic mass is 9.76. The van der Waals surface area contributed by atoms with Gasteiger partial charge in [0.25, 0.3) is 21.1 Å². The average Bonchev–Trinajstić information content (AvgIpc) is 2.04. The summed E-state index contributed by atoms with van der Waals surface area (Å²) in [5.74, 6) is 0.277. The van der Waals surface area contributed by atoms with Gasteiger partial charge in [-0.3, -0.25) is 19.2 Å². The van der Waals surface area contributed by atoms with Gasteiger partial charge in [-0.15, -0.1) is 0 Å². The van der Waals surface area contributed by atoms with Gasteiger partial charge in [0.2, 0.25) is 0 Å². The predicted octanol–water partition coefficient (Wildman–Crippen LogP) is 10.1. The number of rotatable bonds is 28. The monoisotopic (exact) mass is 1230 g/mol. The summed E-state index contributed by atoms with van der Waals surface area (Å²) in [6, 6.07) is 43.2. The van der Waals surface area contributed by atoms with Crippen LogP contribution in [0.5, 0.6) is 0 Å². The number of aliphatic imine (C=N–C) groups is 1. The van der Waals surface area contributed by atoms with Crippen LogP contribution in [0.15, 0.2) is 152 Å². The molecule has 2 unspecified atom stereocenters. The van der Waals surface area contributed by atoms with Crippen LogP contribution in [0.3, 0.4) is 0 Å². The fraction of sp³-hybridized carbons (Fsp3) is 0.377. The fourth-order valence-electron chi connectivity index (χ4n) is 10.9. The van der Waals surface area contributed by atoms with Gasteiger partial charge in [-0.1, -0.05) is 109 Å². The molecule has 0 bridgehead atoms. The van der Waals surface area contributed by atoms with E-state index in [1.165, 1.54) is 12.7 Å². The molecule has 0 radical (unpaired) electrons. The van der Waals surface area contributed by atoms with E-state index in [1.807, 2.05) is 84.2 Å². The molecule has 8 atom stereocenters. The first-order valence-electron chi connectivity index (χ1n) is 28.7. The highest BCUT2D eigenvalue weighted by molar-refractivity contribution is 8.09. The minimum Gasteiger partial charge on any atom is -0.369 e. The lowest BCUT2D eigenvalue weighted by Gasteiger charge is -2.40. The van der Waals surface area contributed by atoms with Crippen molar-refractivity contribution in [3.63, 3.8) is 0 Å². The molecule has 23 nitrogen and oxygen atoms in total. The molecule has 10 rings (SSSR count). The van der Waals surface area contributed by atoms with E-state index in [2.05, 4.69) is 117 Å². The van der Waals surface area contributed by atoms with Crippen LogP contribution in [-0.2, 0) is 44.9 Å². The number of imidazole rings is 2. The maximum Gasteiger partial charge on any atom is 0.261 e. The molecule has 2 fully saturated rings. The second-order valence-corrected chi connectivity index (χ2v) is 26.2. The number of carbonyl (C=O) groups excluding carboxylic acids is 1. The van der Waals surface area contributed by atoms with Crippen LogP contribution in [0.1, 0.15) is 92.9 Å². The van der Waals surface area contributed by atoms with Crippen LogP contribution >= 0.6 is 15.2 Å². The molecule has 2 saturated heterocycles. The van der Waals surface area contributed by atoms with Crippen molar-refractivity contribution in [2.75, 3.05) is 45.8 Å². The van der Waals surface area contributed by atoms with E-state index in [1.54, 1.807) is 47.8 Å². The number of anilines is 1. The summed E-state index contributed by atoms with van der Waals surface area (Å²) in [5, 5.41) is 30.1. The van der Waals surface area contributed by atoms with E-state index in [4.69, 9.17) is 54.3 Å². The molecule has 452 valence electrons. The molecule has 8 aromatic rings. The smallest absolute Gasteiger partial charge is 0.261 e. The summed E-state index contributed by atoms with van der Waals surface area (Å²) >= 11 is 6.56. The third kappa shape index (κ3) is 14.6. The SMILES string of the molecule is CC(C)N(C(C)C)P(OCCC#N)OC[C@H]1O[C@@H](n2cnc3c(NC(=O)c4ccccc4)ncnc32)C[C@H]1NP(=S)(OCCC#N)OC[C@H]1O[C@@H](n2cnc3c(N=CN(C)C)ncnc32)C[C@H]1NC(c1ccccc1)(c1ccccc1)c1ccccc1. The second kappa shape index (κ2) is 29.1. The number of nitrogens with zero attached hydrogens (tertiary/aromatic N) is 13. The third-order valence-corrected chi connectivity index (χ3v) is 19.4. The number of nitriles is 2. The lowest BCUT2D eigenvalue weighted by Crippen LogP contribution is -2.53. The molecule has 1 amide bonds. The van der Waals surface area contributed by atoms with E-state index < -0.39 is 57.5 Å². The molecule has 0 aliphatic carbocycles. The number of benzene rings is 4. The summed E-state index contributed by atoms with van der Waals surface area (Å²) < 4.78 is 46.7. The molecule has 4 aromatic heterocycles. The minimum absolute atomic E-state index is 0.0143. The first-order chi connectivity index (χ1) is 42.3. The van der Waals surface area contributed by atoms with E-state index in [9.17, 15) is 15.3 Å². The van der Waals surface area contributed by atoms with Crippen LogP contribution in [0.2, 0.25) is 0 Å². The zero-order valence-corrected chi connectivity index (χ0v) is 51.8. The highest BCUT2D eigenvalue weighted by Gasteiger charge is 2.47. The number of carbonyl (C=O) groups is 1. The Bertz CT molecular complexity index is 3620. The Morgan fingerprint density at radius 1 is 0.724 bits per heavy atom. The topological polar surface area (TPSA) is 262 Å². The van der Waals surface area contributed by atoms with Crippen molar-refractivity contribution in [1.29, 1.82) is 10.5 Å². The molecule has 4 aromatic carbocycles. The van der Waals surface area contributed by atoms with Crippen LogP contribution in [0.25, 0.3) is 22.3 Å². The first-order valence-corrected chi connectivity index (χ1v) is 32.5. The Morgan fingerprint density at radius 2 is 1.25 bits per heavy atom. The van der Waals surface area contributed by atoms with Crippen LogP contribution in [0.4, 0.5) is 11.6 Å². The van der Waals surface area contributed by atoms with Crippen molar-refractivity contribution < 1.29 is 32.4 Å². The number of hydrogen-bond acceptors (Lipinski definition) is 19. The standard InChI is InChI=1S/C61H70N16O7P2S/c1-42(2)77(43(3)4)85(79-31-19-29-62)80-35-50-49(34-53(83-50)76-41-69-55-57(65-38-67-59(55)76)71-60(78)44-21-11-7-12-22-44)73-86(87,81-32-20-30-63)82-36-51-48(33-52(84-51)75-40-68-54-56(70-39-74(5)6)64-37-66-58(54)75)72-61(45-23-13-8-14-24-45,46-25-15-9-16-26-46)47-27-17-10-18-28-47/h7-18,21-28,37-43,48-53,72H,19-20,31-36H2,1-6H3,(H,73,87)(H,65,67,71,78)/t48-,49-,50-,51-,52-,53-,85?,86?/m1/s1. The van der Waals surface area contributed by atoms with Gasteiger partial charge < -0.3 is 37.8 Å². The third-order valence-electron chi connectivity index (χ3n) is 14.7. The van der Waals surface area contributed by atoms with Crippen LogP contribution in [-0.4, -0.2) is 138 Å². The Labute approximate surface area is 512 Å². The highest BCUT2D eigenvalue weighted by atomic mass is 32.5. The molecule has 6 heterocycles. The number of amides is 1. The van der Waals surface area contributed by atoms with E-state index in [-0.39, 0.29) is 69.5 Å². The molecule has 26 heteroatoms. The van der Waals surface area contributed by atoms with E-state index in [0.717, 1.165) is 16.7 Å². The number of aromatic nitrogens is 8. The molecule has 3 N–H and O–H groups in total. The number of fused-ring (bicyclic) bond motifs is 2. The average molecular weight is 1230 g/mol. The van der Waals surface area contributed by atoms with Gasteiger partial charge in [-0.05, 0) is 68.3 Å². The molecule has 87 heavy (non-hydrogen) atoms. The quantitative estimate of drug-likeness (QED) is 0.0135. The van der Waals surface area contributed by atoms with Crippen molar-refractivity contribution in [3.8, 4) is 12.1 Å². The number of ether oxygens (including phenoxy) is 2. The normalized spacial score (nSPS) is 19.9. The lowest BCUT2D eigenvalue weighted by molar-refractivity contribution is -0.0252. The summed E-state index contributed by atoms with van der Waals surface area (Å²) in [5.41, 5.74) is 4.33. The van der Waals surface area contributed by atoms with Gasteiger partial charge in [0.15, 0.2) is 34.0 Å². The largest absolute Gasteiger partial charge is 0.369 e. The highest BCUT2D eigenvalue weighted by Crippen LogP contribution is 2.51. The van der Waals surface area contributed by atoms with Gasteiger partial charge >= 0.3 is 0 Å².